The van der Waals surface area contributed by atoms with Gasteiger partial charge < -0.3 is 14.2 Å². The van der Waals surface area contributed by atoms with Gasteiger partial charge in [-0.15, -0.1) is 11.8 Å². The molecular weight excluding hydrogens is 569 g/mol. The normalized spacial score (nSPS) is 19.4. The highest BCUT2D eigenvalue weighted by atomic mass is 35.6. The zero-order chi connectivity index (χ0) is 27.5. The van der Waals surface area contributed by atoms with E-state index in [0.29, 0.717) is 17.1 Å². The van der Waals surface area contributed by atoms with Crippen molar-refractivity contribution in [3.05, 3.63) is 41.6 Å². The lowest BCUT2D eigenvalue weighted by Gasteiger charge is -2.52. The summed E-state index contributed by atoms with van der Waals surface area (Å²) in [4.78, 5) is 53.0. The van der Waals surface area contributed by atoms with Gasteiger partial charge in [-0.1, -0.05) is 53.0 Å². The second-order valence-electron chi connectivity index (χ2n) is 9.15. The van der Waals surface area contributed by atoms with Crippen LogP contribution >= 0.6 is 46.6 Å². The molecule has 0 radical (unpaired) electrons. The Labute approximate surface area is 233 Å². The van der Waals surface area contributed by atoms with E-state index in [1.807, 2.05) is 0 Å². The number of hydrazine groups is 1. The smallest absolute Gasteiger partial charge is 0.426 e. The van der Waals surface area contributed by atoms with E-state index in [9.17, 15) is 19.2 Å². The Bertz CT molecular complexity index is 1090. The molecular formula is C23H26Cl3N3O7S. The highest BCUT2D eigenvalue weighted by Gasteiger charge is 2.57. The molecule has 2 aliphatic heterocycles. The number of carbonyl (C=O) groups is 4. The molecule has 1 saturated heterocycles. The van der Waals surface area contributed by atoms with Gasteiger partial charge in [-0.25, -0.2) is 20.0 Å². The van der Waals surface area contributed by atoms with Crippen molar-refractivity contribution in [2.45, 2.75) is 48.5 Å². The van der Waals surface area contributed by atoms with Crippen LogP contribution < -0.4 is 10.2 Å². The average Bonchev–Trinajstić information content (AvgIpc) is 2.79. The molecule has 2 heterocycles. The number of alkyl halides is 3. The predicted octanol–water partition coefficient (Wildman–Crippen LogP) is 3.80. The Hall–Kier alpha value is -2.34. The van der Waals surface area contributed by atoms with Crippen LogP contribution in [-0.2, 0) is 23.9 Å². The number of halogens is 3. The lowest BCUT2D eigenvalue weighted by atomic mass is 10.0. The van der Waals surface area contributed by atoms with E-state index < -0.39 is 57.9 Å². The maximum Gasteiger partial charge on any atom is 0.426 e. The first-order valence-electron chi connectivity index (χ1n) is 11.1. The van der Waals surface area contributed by atoms with Crippen LogP contribution in [-0.4, -0.2) is 73.6 Å². The number of hydrogen-bond acceptors (Lipinski definition) is 8. The summed E-state index contributed by atoms with van der Waals surface area (Å²) >= 11 is 18.3. The monoisotopic (exact) mass is 593 g/mol. The van der Waals surface area contributed by atoms with Gasteiger partial charge in [-0.3, -0.25) is 14.5 Å². The summed E-state index contributed by atoms with van der Waals surface area (Å²) in [6, 6.07) is 7.46. The van der Waals surface area contributed by atoms with E-state index in [1.54, 1.807) is 58.0 Å². The number of nitrogens with zero attached hydrogens (tertiary/aromatic N) is 2. The van der Waals surface area contributed by atoms with Crippen LogP contribution in [0.25, 0.3) is 0 Å². The average molecular weight is 595 g/mol. The van der Waals surface area contributed by atoms with Gasteiger partial charge in [0.2, 0.25) is 3.79 Å². The largest absolute Gasteiger partial charge is 0.484 e. The summed E-state index contributed by atoms with van der Waals surface area (Å²) in [7, 11) is 0. The highest BCUT2D eigenvalue weighted by Crippen LogP contribution is 2.42. The van der Waals surface area contributed by atoms with Crippen molar-refractivity contribution >= 4 is 70.4 Å². The number of amides is 3. The third kappa shape index (κ3) is 7.59. The fourth-order valence-electron chi connectivity index (χ4n) is 3.48. The summed E-state index contributed by atoms with van der Waals surface area (Å²) in [5.41, 5.74) is 2.10. The summed E-state index contributed by atoms with van der Waals surface area (Å²) in [6.45, 7) is 5.67. The first kappa shape index (κ1) is 29.2. The number of benzene rings is 1. The SMILES string of the molecule is CC1=C(C(=O)OCC(Cl)(Cl)Cl)N2C(=O)C(N(NC(=O)OC(C)(C)C)C(=O)COc3ccccc3)[C@H]2SC1. The van der Waals surface area contributed by atoms with Gasteiger partial charge in [0.25, 0.3) is 11.8 Å². The topological polar surface area (TPSA) is 114 Å². The third-order valence-electron chi connectivity index (χ3n) is 4.95. The number of nitrogens with one attached hydrogen (secondary N) is 1. The molecule has 0 spiro atoms. The van der Waals surface area contributed by atoms with E-state index in [-0.39, 0.29) is 5.70 Å². The Kier molecular flexibility index (Phi) is 9.15. The molecule has 0 bridgehead atoms. The molecule has 3 amide bonds. The van der Waals surface area contributed by atoms with Crippen LogP contribution in [0.2, 0.25) is 0 Å². The zero-order valence-electron chi connectivity index (χ0n) is 20.5. The summed E-state index contributed by atoms with van der Waals surface area (Å²) in [5.74, 6) is -1.36. The second-order valence-corrected chi connectivity index (χ2v) is 12.8. The van der Waals surface area contributed by atoms with Crippen LogP contribution in [0.4, 0.5) is 4.79 Å². The lowest BCUT2D eigenvalue weighted by Crippen LogP contribution is -2.74. The Balaban J connectivity index is 1.80. The molecule has 1 aromatic rings. The fraction of sp³-hybridized carbons (Fsp3) is 0.478. The second kappa shape index (κ2) is 11.6. The molecule has 1 aromatic carbocycles. The molecule has 1 fully saturated rings. The molecule has 2 aliphatic rings. The van der Waals surface area contributed by atoms with E-state index in [1.165, 1.54) is 16.7 Å². The summed E-state index contributed by atoms with van der Waals surface area (Å²) in [5, 5.41) is 0.195. The number of thioether (sulfide) groups is 1. The van der Waals surface area contributed by atoms with Crippen LogP contribution in [0.1, 0.15) is 27.7 Å². The highest BCUT2D eigenvalue weighted by molar-refractivity contribution is 8.00. The van der Waals surface area contributed by atoms with E-state index in [0.717, 1.165) is 5.01 Å². The summed E-state index contributed by atoms with van der Waals surface area (Å²) in [6.07, 6.45) is -0.929. The van der Waals surface area contributed by atoms with Crippen molar-refractivity contribution in [3.63, 3.8) is 0 Å². The number of rotatable bonds is 6. The maximum atomic E-state index is 13.3. The number of fused-ring (bicyclic) bond motifs is 1. The number of para-hydroxylation sites is 1. The molecule has 1 N–H and O–H groups in total. The lowest BCUT2D eigenvalue weighted by molar-refractivity contribution is -0.164. The number of hydrogen-bond donors (Lipinski definition) is 1. The van der Waals surface area contributed by atoms with Gasteiger partial charge in [-0.2, -0.15) is 0 Å². The van der Waals surface area contributed by atoms with Gasteiger partial charge in [0.05, 0.1) is 0 Å². The van der Waals surface area contributed by atoms with Gasteiger partial charge in [0.1, 0.15) is 29.0 Å². The van der Waals surface area contributed by atoms with Crippen molar-refractivity contribution in [1.82, 2.24) is 15.3 Å². The summed E-state index contributed by atoms with van der Waals surface area (Å²) < 4.78 is 14.1. The van der Waals surface area contributed by atoms with E-state index in [2.05, 4.69) is 5.43 Å². The number of carbonyl (C=O) groups excluding carboxylic acids is 4. The number of ether oxygens (including phenoxy) is 3. The van der Waals surface area contributed by atoms with E-state index in [4.69, 9.17) is 49.0 Å². The van der Waals surface area contributed by atoms with Crippen molar-refractivity contribution in [3.8, 4) is 5.75 Å². The Morgan fingerprint density at radius 3 is 2.41 bits per heavy atom. The minimum absolute atomic E-state index is 0.00412. The van der Waals surface area contributed by atoms with Crippen molar-refractivity contribution < 1.29 is 33.4 Å². The maximum absolute atomic E-state index is 13.3. The zero-order valence-corrected chi connectivity index (χ0v) is 23.5. The van der Waals surface area contributed by atoms with Gasteiger partial charge in [0, 0.05) is 5.75 Å². The minimum atomic E-state index is -1.83. The third-order valence-corrected chi connectivity index (χ3v) is 6.69. The van der Waals surface area contributed by atoms with Crippen molar-refractivity contribution in [2.24, 2.45) is 0 Å². The number of esters is 1. The van der Waals surface area contributed by atoms with Crippen LogP contribution in [0, 0.1) is 0 Å². The Morgan fingerprint density at radius 2 is 1.81 bits per heavy atom. The van der Waals surface area contributed by atoms with Crippen LogP contribution in [0.15, 0.2) is 41.6 Å². The molecule has 2 atom stereocenters. The van der Waals surface area contributed by atoms with Gasteiger partial charge in [-0.05, 0) is 45.4 Å². The van der Waals surface area contributed by atoms with Crippen molar-refractivity contribution in [1.29, 1.82) is 0 Å². The molecule has 0 saturated carbocycles. The molecule has 14 heteroatoms. The van der Waals surface area contributed by atoms with Crippen molar-refractivity contribution in [2.75, 3.05) is 19.0 Å². The minimum Gasteiger partial charge on any atom is -0.484 e. The van der Waals surface area contributed by atoms with Gasteiger partial charge >= 0.3 is 12.1 Å². The molecule has 202 valence electrons. The van der Waals surface area contributed by atoms with Crippen LogP contribution in [0.5, 0.6) is 5.75 Å². The molecule has 0 aromatic heterocycles. The predicted molar refractivity (Wildman–Crippen MR) is 139 cm³/mol. The van der Waals surface area contributed by atoms with E-state index >= 15 is 0 Å². The van der Waals surface area contributed by atoms with Crippen LogP contribution in [0.3, 0.4) is 0 Å². The molecule has 1 unspecified atom stereocenters. The molecule has 0 aliphatic carbocycles. The fourth-order valence-corrected chi connectivity index (χ4v) is 4.98. The standard InChI is InChI=1S/C23H26Cl3N3O7S/c1-13-11-37-19-17(18(31)28(19)16(13)20(32)35-12-23(24,25)26)29(27-21(33)36-22(2,3)4)15(30)10-34-14-8-6-5-7-9-14/h5-9,17,19H,10-12H2,1-4H3,(H,27,33)/t17?,19-/m1/s1. The quantitative estimate of drug-likeness (QED) is 0.229. The molecule has 10 nitrogen and oxygen atoms in total. The number of β-lactam (4-membered cyclic amide) rings is 1. The Morgan fingerprint density at radius 1 is 1.16 bits per heavy atom. The molecule has 3 rings (SSSR count). The van der Waals surface area contributed by atoms with Gasteiger partial charge in [0.15, 0.2) is 12.6 Å². The first-order valence-corrected chi connectivity index (χ1v) is 13.2. The first-order chi connectivity index (χ1) is 17.2. The molecule has 37 heavy (non-hydrogen) atoms.